The van der Waals surface area contributed by atoms with Crippen molar-refractivity contribution in [1.82, 2.24) is 4.57 Å². The molecule has 2 heterocycles. The summed E-state index contributed by atoms with van der Waals surface area (Å²) in [7, 11) is 0. The molecule has 0 fully saturated rings. The van der Waals surface area contributed by atoms with E-state index in [1.165, 1.54) is 34.1 Å². The molecule has 9 heteroatoms. The van der Waals surface area contributed by atoms with Gasteiger partial charge in [0.05, 0.1) is 33.4 Å². The predicted molar refractivity (Wildman–Crippen MR) is 130 cm³/mol. The standard InChI is InChI=1S/C25H21N3O5S/c1-3-33-24(30)21-16(2)26-25-27(22(21)18-12-8-13-19(15-18)28(31)32)23(29)20(34-25)14-7-11-17-9-5-4-6-10-17/h4-15,22H,3H2,1-2H3/b11-7-,20-14+/t22-/m1/s1. The third kappa shape index (κ3) is 4.51. The maximum absolute atomic E-state index is 13.4. The van der Waals surface area contributed by atoms with Gasteiger partial charge in [-0.2, -0.15) is 0 Å². The van der Waals surface area contributed by atoms with E-state index < -0.39 is 16.9 Å². The van der Waals surface area contributed by atoms with Crippen molar-refractivity contribution in [3.63, 3.8) is 0 Å². The van der Waals surface area contributed by atoms with Crippen molar-refractivity contribution in [2.75, 3.05) is 6.61 Å². The Bertz CT molecular complexity index is 1500. The summed E-state index contributed by atoms with van der Waals surface area (Å²) in [5, 5.41) is 11.4. The highest BCUT2D eigenvalue weighted by atomic mass is 32.1. The van der Waals surface area contributed by atoms with Crippen LogP contribution < -0.4 is 14.9 Å². The molecule has 0 saturated carbocycles. The van der Waals surface area contributed by atoms with Crippen LogP contribution in [-0.2, 0) is 9.53 Å². The Balaban J connectivity index is 1.89. The lowest BCUT2D eigenvalue weighted by molar-refractivity contribution is -0.384. The highest BCUT2D eigenvalue weighted by Gasteiger charge is 2.33. The van der Waals surface area contributed by atoms with Gasteiger partial charge in [-0.25, -0.2) is 9.79 Å². The maximum atomic E-state index is 13.4. The van der Waals surface area contributed by atoms with Crippen LogP contribution in [0, 0.1) is 10.1 Å². The summed E-state index contributed by atoms with van der Waals surface area (Å²) in [5.74, 6) is -0.612. The zero-order chi connectivity index (χ0) is 24.2. The number of nitrogens with zero attached hydrogens (tertiary/aromatic N) is 3. The molecule has 2 aromatic carbocycles. The number of carbonyl (C=O) groups is 1. The van der Waals surface area contributed by atoms with Crippen molar-refractivity contribution in [2.24, 2.45) is 4.99 Å². The second-order valence-corrected chi connectivity index (χ2v) is 8.46. The maximum Gasteiger partial charge on any atom is 0.338 e. The first-order chi connectivity index (χ1) is 16.4. The molecular weight excluding hydrogens is 454 g/mol. The van der Waals surface area contributed by atoms with Gasteiger partial charge in [-0.1, -0.05) is 66.0 Å². The van der Waals surface area contributed by atoms with Gasteiger partial charge in [-0.3, -0.25) is 19.5 Å². The minimum atomic E-state index is -0.893. The zero-order valence-electron chi connectivity index (χ0n) is 18.5. The van der Waals surface area contributed by atoms with E-state index >= 15 is 0 Å². The molecule has 4 rings (SSSR count). The number of rotatable bonds is 6. The monoisotopic (exact) mass is 475 g/mol. The van der Waals surface area contributed by atoms with E-state index in [4.69, 9.17) is 4.74 Å². The van der Waals surface area contributed by atoms with Gasteiger partial charge >= 0.3 is 5.97 Å². The molecule has 34 heavy (non-hydrogen) atoms. The van der Waals surface area contributed by atoms with E-state index in [-0.39, 0.29) is 23.4 Å². The van der Waals surface area contributed by atoms with E-state index in [1.807, 2.05) is 36.4 Å². The molecule has 0 bridgehead atoms. The van der Waals surface area contributed by atoms with Crippen LogP contribution in [-0.4, -0.2) is 22.1 Å². The van der Waals surface area contributed by atoms with Crippen molar-refractivity contribution in [1.29, 1.82) is 0 Å². The van der Waals surface area contributed by atoms with Crippen LogP contribution in [0.1, 0.15) is 31.0 Å². The Hall–Kier alpha value is -4.11. The molecule has 3 aromatic rings. The van der Waals surface area contributed by atoms with Crippen LogP contribution >= 0.6 is 11.3 Å². The normalized spacial score (nSPS) is 15.8. The zero-order valence-corrected chi connectivity index (χ0v) is 19.3. The number of esters is 1. The average molecular weight is 476 g/mol. The second kappa shape index (κ2) is 9.80. The van der Waals surface area contributed by atoms with Gasteiger partial charge in [0.1, 0.15) is 0 Å². The van der Waals surface area contributed by atoms with Gasteiger partial charge in [0, 0.05) is 12.1 Å². The molecule has 0 N–H and O–H groups in total. The molecule has 1 aliphatic heterocycles. The quantitative estimate of drug-likeness (QED) is 0.309. The Morgan fingerprint density at radius 3 is 2.71 bits per heavy atom. The average Bonchev–Trinajstić information content (AvgIpc) is 3.13. The molecule has 0 spiro atoms. The van der Waals surface area contributed by atoms with E-state index in [9.17, 15) is 19.7 Å². The molecule has 1 aromatic heterocycles. The fraction of sp³-hybridized carbons (Fsp3) is 0.160. The number of thiazole rings is 1. The van der Waals surface area contributed by atoms with Gasteiger partial charge in [-0.15, -0.1) is 0 Å². The number of non-ortho nitro benzene ring substituents is 1. The lowest BCUT2D eigenvalue weighted by Crippen LogP contribution is -2.39. The van der Waals surface area contributed by atoms with Gasteiger partial charge in [0.25, 0.3) is 11.2 Å². The van der Waals surface area contributed by atoms with Gasteiger partial charge < -0.3 is 4.74 Å². The lowest BCUT2D eigenvalue weighted by atomic mass is 9.95. The number of ether oxygens (including phenoxy) is 1. The summed E-state index contributed by atoms with van der Waals surface area (Å²) < 4.78 is 7.07. The third-order valence-electron chi connectivity index (χ3n) is 5.25. The summed E-state index contributed by atoms with van der Waals surface area (Å²) in [6.07, 6.45) is 5.36. The molecule has 8 nitrogen and oxygen atoms in total. The number of carbonyl (C=O) groups excluding carboxylic acids is 1. The molecule has 0 saturated heterocycles. The Labute approximate surface area is 198 Å². The summed E-state index contributed by atoms with van der Waals surface area (Å²) in [4.78, 5) is 42.1. The molecule has 1 atom stereocenters. The number of nitro groups is 1. The van der Waals surface area contributed by atoms with Crippen molar-refractivity contribution in [2.45, 2.75) is 19.9 Å². The van der Waals surface area contributed by atoms with Crippen LogP contribution in [0.4, 0.5) is 5.69 Å². The van der Waals surface area contributed by atoms with E-state index in [1.54, 1.807) is 32.1 Å². The topological polar surface area (TPSA) is 104 Å². The first kappa shape index (κ1) is 23.1. The van der Waals surface area contributed by atoms with Crippen molar-refractivity contribution in [3.8, 4) is 0 Å². The summed E-state index contributed by atoms with van der Waals surface area (Å²) in [5.41, 5.74) is 1.53. The highest BCUT2D eigenvalue weighted by molar-refractivity contribution is 7.07. The number of hydrogen-bond donors (Lipinski definition) is 0. The summed E-state index contributed by atoms with van der Waals surface area (Å²) >= 11 is 1.19. The molecule has 0 amide bonds. The van der Waals surface area contributed by atoms with Crippen molar-refractivity contribution >= 4 is 35.1 Å². The van der Waals surface area contributed by atoms with Crippen molar-refractivity contribution in [3.05, 3.63) is 113 Å². The number of benzene rings is 2. The number of nitro benzene ring substituents is 1. The predicted octanol–water partition coefficient (Wildman–Crippen LogP) is 3.37. The van der Waals surface area contributed by atoms with Gasteiger partial charge in [0.2, 0.25) is 0 Å². The minimum Gasteiger partial charge on any atom is -0.463 e. The fourth-order valence-corrected chi connectivity index (χ4v) is 4.74. The van der Waals surface area contributed by atoms with Crippen LogP contribution in [0.15, 0.2) is 81.7 Å². The number of fused-ring (bicyclic) bond motifs is 1. The lowest BCUT2D eigenvalue weighted by Gasteiger charge is -2.24. The van der Waals surface area contributed by atoms with Gasteiger partial charge in [0.15, 0.2) is 4.80 Å². The molecule has 0 unspecified atom stereocenters. The SMILES string of the molecule is CCOC(=O)C1=C(C)N=c2s/c(=C/C=C\c3ccccc3)c(=O)n2[C@@H]1c1cccc([N+](=O)[O-])c1. The van der Waals surface area contributed by atoms with Gasteiger partial charge in [-0.05, 0) is 31.1 Å². The van der Waals surface area contributed by atoms with E-state index in [2.05, 4.69) is 4.99 Å². The molecule has 172 valence electrons. The van der Waals surface area contributed by atoms with Crippen LogP contribution in [0.2, 0.25) is 0 Å². The molecule has 0 radical (unpaired) electrons. The highest BCUT2D eigenvalue weighted by Crippen LogP contribution is 2.32. The Kier molecular flexibility index (Phi) is 6.65. The second-order valence-electron chi connectivity index (χ2n) is 7.45. The fourth-order valence-electron chi connectivity index (χ4n) is 3.74. The van der Waals surface area contributed by atoms with Crippen LogP contribution in [0.5, 0.6) is 0 Å². The number of aromatic nitrogens is 1. The van der Waals surface area contributed by atoms with Crippen LogP contribution in [0.25, 0.3) is 12.2 Å². The largest absolute Gasteiger partial charge is 0.463 e. The Morgan fingerprint density at radius 1 is 1.24 bits per heavy atom. The van der Waals surface area contributed by atoms with E-state index in [0.29, 0.717) is 20.6 Å². The smallest absolute Gasteiger partial charge is 0.338 e. The molecule has 0 aliphatic carbocycles. The van der Waals surface area contributed by atoms with E-state index in [0.717, 1.165) is 5.56 Å². The third-order valence-corrected chi connectivity index (χ3v) is 6.25. The first-order valence-corrected chi connectivity index (χ1v) is 11.4. The summed E-state index contributed by atoms with van der Waals surface area (Å²) in [6, 6.07) is 14.7. The van der Waals surface area contributed by atoms with Crippen molar-refractivity contribution < 1.29 is 14.5 Å². The number of hydrogen-bond acceptors (Lipinski definition) is 7. The number of allylic oxidation sites excluding steroid dienone is 2. The minimum absolute atomic E-state index is 0.136. The summed E-state index contributed by atoms with van der Waals surface area (Å²) in [6.45, 7) is 3.50. The van der Waals surface area contributed by atoms with Crippen LogP contribution in [0.3, 0.4) is 0 Å². The first-order valence-electron chi connectivity index (χ1n) is 10.6. The Morgan fingerprint density at radius 2 is 2.00 bits per heavy atom. The molecule has 1 aliphatic rings. The molecular formula is C25H21N3O5S.